The molecule has 1 N–H and O–H groups in total. The molecule has 2 heterocycles. The SMILES string of the molecule is Cc1noc(C)c1C(C)(C)NC(=O)c1ccc(Br)cn1. The quantitative estimate of drug-likeness (QED) is 0.934. The van der Waals surface area contributed by atoms with E-state index in [1.165, 1.54) is 0 Å². The van der Waals surface area contributed by atoms with Gasteiger partial charge in [-0.15, -0.1) is 0 Å². The van der Waals surface area contributed by atoms with Crippen LogP contribution >= 0.6 is 15.9 Å². The smallest absolute Gasteiger partial charge is 0.270 e. The van der Waals surface area contributed by atoms with Crippen molar-refractivity contribution in [3.8, 4) is 0 Å². The number of nitrogens with zero attached hydrogens (tertiary/aromatic N) is 2. The number of amides is 1. The Balaban J connectivity index is 2.24. The largest absolute Gasteiger partial charge is 0.361 e. The van der Waals surface area contributed by atoms with Gasteiger partial charge in [0.15, 0.2) is 0 Å². The number of rotatable bonds is 3. The summed E-state index contributed by atoms with van der Waals surface area (Å²) in [5.41, 5.74) is 1.45. The Morgan fingerprint density at radius 1 is 1.35 bits per heavy atom. The van der Waals surface area contributed by atoms with Crippen molar-refractivity contribution in [3.63, 3.8) is 0 Å². The third kappa shape index (κ3) is 2.90. The molecule has 0 atom stereocenters. The van der Waals surface area contributed by atoms with Gasteiger partial charge in [0.2, 0.25) is 0 Å². The van der Waals surface area contributed by atoms with Gasteiger partial charge in [-0.1, -0.05) is 5.16 Å². The molecule has 0 spiro atoms. The summed E-state index contributed by atoms with van der Waals surface area (Å²) < 4.78 is 5.99. The fourth-order valence-corrected chi connectivity index (χ4v) is 2.53. The highest BCUT2D eigenvalue weighted by atomic mass is 79.9. The van der Waals surface area contributed by atoms with Crippen LogP contribution in [0.15, 0.2) is 27.3 Å². The van der Waals surface area contributed by atoms with Gasteiger partial charge in [-0.2, -0.15) is 0 Å². The van der Waals surface area contributed by atoms with Crippen molar-refractivity contribution in [2.75, 3.05) is 0 Å². The lowest BCUT2D eigenvalue weighted by molar-refractivity contribution is 0.0906. The van der Waals surface area contributed by atoms with Crippen molar-refractivity contribution >= 4 is 21.8 Å². The predicted molar refractivity (Wildman–Crippen MR) is 78.4 cm³/mol. The molecule has 6 heteroatoms. The standard InChI is InChI=1S/C14H16BrN3O2/c1-8-12(9(2)20-18-8)14(3,4)17-13(19)11-6-5-10(15)7-16-11/h5-7H,1-4H3,(H,17,19). The van der Waals surface area contributed by atoms with Crippen LogP contribution < -0.4 is 5.32 Å². The third-order valence-electron chi connectivity index (χ3n) is 3.04. The van der Waals surface area contributed by atoms with E-state index in [0.29, 0.717) is 11.5 Å². The first-order chi connectivity index (χ1) is 9.31. The minimum Gasteiger partial charge on any atom is -0.361 e. The lowest BCUT2D eigenvalue weighted by Gasteiger charge is -2.26. The number of aryl methyl sites for hydroxylation is 2. The minimum atomic E-state index is -0.583. The highest BCUT2D eigenvalue weighted by Crippen LogP contribution is 2.27. The normalized spacial score (nSPS) is 11.4. The van der Waals surface area contributed by atoms with Gasteiger partial charge in [0.25, 0.3) is 5.91 Å². The molecule has 20 heavy (non-hydrogen) atoms. The molecular formula is C14H16BrN3O2. The molecular weight excluding hydrogens is 322 g/mol. The first-order valence-electron chi connectivity index (χ1n) is 6.18. The van der Waals surface area contributed by atoms with Gasteiger partial charge < -0.3 is 9.84 Å². The van der Waals surface area contributed by atoms with E-state index in [0.717, 1.165) is 15.7 Å². The second-order valence-corrected chi connectivity index (χ2v) is 6.06. The summed E-state index contributed by atoms with van der Waals surface area (Å²) in [6.45, 7) is 7.52. The molecule has 0 radical (unpaired) electrons. The Hall–Kier alpha value is -1.69. The van der Waals surface area contributed by atoms with Gasteiger partial charge in [0.05, 0.1) is 11.2 Å². The van der Waals surface area contributed by atoms with E-state index in [2.05, 4.69) is 31.4 Å². The number of hydrogen-bond donors (Lipinski definition) is 1. The predicted octanol–water partition coefficient (Wildman–Crippen LogP) is 3.11. The Labute approximate surface area is 125 Å². The molecule has 0 saturated carbocycles. The number of halogens is 1. The molecule has 0 fully saturated rings. The maximum Gasteiger partial charge on any atom is 0.270 e. The van der Waals surface area contributed by atoms with E-state index in [1.807, 2.05) is 27.7 Å². The maximum absolute atomic E-state index is 12.2. The minimum absolute atomic E-state index is 0.234. The summed E-state index contributed by atoms with van der Waals surface area (Å²) in [6.07, 6.45) is 1.60. The van der Waals surface area contributed by atoms with Crippen molar-refractivity contribution < 1.29 is 9.32 Å². The zero-order valence-electron chi connectivity index (χ0n) is 11.8. The van der Waals surface area contributed by atoms with Crippen molar-refractivity contribution in [2.24, 2.45) is 0 Å². The van der Waals surface area contributed by atoms with Crippen LogP contribution in [0.5, 0.6) is 0 Å². The zero-order valence-corrected chi connectivity index (χ0v) is 13.4. The molecule has 0 aliphatic heterocycles. The molecule has 106 valence electrons. The van der Waals surface area contributed by atoms with E-state index >= 15 is 0 Å². The molecule has 0 bridgehead atoms. The first-order valence-corrected chi connectivity index (χ1v) is 6.98. The molecule has 1 amide bonds. The van der Waals surface area contributed by atoms with Crippen LogP contribution in [0.25, 0.3) is 0 Å². The number of pyridine rings is 1. The van der Waals surface area contributed by atoms with Crippen LogP contribution in [0, 0.1) is 13.8 Å². The maximum atomic E-state index is 12.2. The molecule has 0 aromatic carbocycles. The van der Waals surface area contributed by atoms with Crippen LogP contribution in [0.2, 0.25) is 0 Å². The van der Waals surface area contributed by atoms with E-state index in [4.69, 9.17) is 4.52 Å². The van der Waals surface area contributed by atoms with Crippen molar-refractivity contribution in [3.05, 3.63) is 45.5 Å². The van der Waals surface area contributed by atoms with E-state index in [1.54, 1.807) is 18.3 Å². The van der Waals surface area contributed by atoms with Crippen LogP contribution in [0.3, 0.4) is 0 Å². The second-order valence-electron chi connectivity index (χ2n) is 5.14. The summed E-state index contributed by atoms with van der Waals surface area (Å²) in [6, 6.07) is 3.45. The Bertz CT molecular complexity index is 613. The topological polar surface area (TPSA) is 68.0 Å². The molecule has 0 saturated heterocycles. The van der Waals surface area contributed by atoms with Crippen molar-refractivity contribution in [1.82, 2.24) is 15.5 Å². The highest BCUT2D eigenvalue weighted by Gasteiger charge is 2.30. The number of hydrogen-bond acceptors (Lipinski definition) is 4. The van der Waals surface area contributed by atoms with Crippen molar-refractivity contribution in [1.29, 1.82) is 0 Å². The number of aromatic nitrogens is 2. The van der Waals surface area contributed by atoms with Gasteiger partial charge >= 0.3 is 0 Å². The van der Waals surface area contributed by atoms with Gasteiger partial charge in [-0.05, 0) is 55.8 Å². The van der Waals surface area contributed by atoms with E-state index in [-0.39, 0.29) is 5.91 Å². The third-order valence-corrected chi connectivity index (χ3v) is 3.51. The Morgan fingerprint density at radius 2 is 2.05 bits per heavy atom. The van der Waals surface area contributed by atoms with Crippen LogP contribution in [-0.2, 0) is 5.54 Å². The average Bonchev–Trinajstić information content (AvgIpc) is 2.69. The summed E-state index contributed by atoms with van der Waals surface area (Å²) in [5, 5.41) is 6.89. The first kappa shape index (κ1) is 14.7. The van der Waals surface area contributed by atoms with E-state index in [9.17, 15) is 4.79 Å². The zero-order chi connectivity index (χ0) is 14.9. The number of carbonyl (C=O) groups excluding carboxylic acids is 1. The van der Waals surface area contributed by atoms with Gasteiger partial charge in [-0.3, -0.25) is 4.79 Å². The summed E-state index contributed by atoms with van der Waals surface area (Å²) in [5.74, 6) is 0.471. The molecule has 5 nitrogen and oxygen atoms in total. The van der Waals surface area contributed by atoms with Gasteiger partial charge in [0.1, 0.15) is 11.5 Å². The van der Waals surface area contributed by atoms with Gasteiger partial charge in [-0.25, -0.2) is 4.98 Å². The second kappa shape index (κ2) is 5.36. The Kier molecular flexibility index (Phi) is 3.94. The highest BCUT2D eigenvalue weighted by molar-refractivity contribution is 9.10. The lowest BCUT2D eigenvalue weighted by atomic mass is 9.92. The monoisotopic (exact) mass is 337 g/mol. The van der Waals surface area contributed by atoms with Crippen LogP contribution in [0.4, 0.5) is 0 Å². The molecule has 2 aromatic heterocycles. The average molecular weight is 338 g/mol. The lowest BCUT2D eigenvalue weighted by Crippen LogP contribution is -2.42. The van der Waals surface area contributed by atoms with Crippen LogP contribution in [0.1, 0.15) is 41.4 Å². The van der Waals surface area contributed by atoms with Crippen molar-refractivity contribution in [2.45, 2.75) is 33.2 Å². The molecule has 2 rings (SSSR count). The summed E-state index contributed by atoms with van der Waals surface area (Å²) >= 11 is 3.29. The molecule has 0 aliphatic carbocycles. The molecule has 0 unspecified atom stereocenters. The van der Waals surface area contributed by atoms with Crippen LogP contribution in [-0.4, -0.2) is 16.0 Å². The fourth-order valence-electron chi connectivity index (χ4n) is 2.30. The fraction of sp³-hybridized carbons (Fsp3) is 0.357. The number of carbonyl (C=O) groups is 1. The molecule has 0 aliphatic rings. The molecule has 2 aromatic rings. The summed E-state index contributed by atoms with van der Waals surface area (Å²) in [7, 11) is 0. The van der Waals surface area contributed by atoms with E-state index < -0.39 is 5.54 Å². The Morgan fingerprint density at radius 3 is 2.55 bits per heavy atom. The number of nitrogens with one attached hydrogen (secondary N) is 1. The summed E-state index contributed by atoms with van der Waals surface area (Å²) in [4.78, 5) is 16.3. The van der Waals surface area contributed by atoms with Gasteiger partial charge in [0, 0.05) is 16.2 Å².